The molecule has 0 aliphatic carbocycles. The third-order valence-electron chi connectivity index (χ3n) is 2.92. The number of hydrogen-bond donors (Lipinski definition) is 3. The number of hydrogen-bond acceptors (Lipinski definition) is 3. The first-order valence-corrected chi connectivity index (χ1v) is 7.00. The number of phenols is 1. The fourth-order valence-electron chi connectivity index (χ4n) is 1.79. The smallest absolute Gasteiger partial charge is 0.241 e. The van der Waals surface area contributed by atoms with Crippen LogP contribution >= 0.6 is 23.2 Å². The Morgan fingerprint density at radius 2 is 1.81 bits per heavy atom. The van der Waals surface area contributed by atoms with Crippen LogP contribution < -0.4 is 11.1 Å². The second-order valence-electron chi connectivity index (χ2n) is 4.60. The van der Waals surface area contributed by atoms with Gasteiger partial charge in [-0.15, -0.1) is 0 Å². The zero-order valence-electron chi connectivity index (χ0n) is 11.0. The zero-order valence-corrected chi connectivity index (χ0v) is 12.5. The number of carbonyl (C=O) groups excluding carboxylic acids is 1. The van der Waals surface area contributed by atoms with Gasteiger partial charge < -0.3 is 16.2 Å². The molecule has 0 aliphatic rings. The third kappa shape index (κ3) is 4.36. The summed E-state index contributed by atoms with van der Waals surface area (Å²) in [7, 11) is 0. The van der Waals surface area contributed by atoms with Crippen molar-refractivity contribution in [1.29, 1.82) is 0 Å². The molecule has 0 aromatic heterocycles. The van der Waals surface area contributed by atoms with Gasteiger partial charge in [-0.3, -0.25) is 4.79 Å². The molecule has 0 radical (unpaired) electrons. The average molecular weight is 325 g/mol. The Morgan fingerprint density at radius 1 is 1.14 bits per heavy atom. The number of nitrogens with two attached hydrogens (primary N) is 1. The van der Waals surface area contributed by atoms with Gasteiger partial charge in [-0.25, -0.2) is 0 Å². The minimum Gasteiger partial charge on any atom is -0.508 e. The number of anilines is 1. The molecule has 1 unspecified atom stereocenters. The molecule has 0 heterocycles. The van der Waals surface area contributed by atoms with E-state index in [-0.39, 0.29) is 11.7 Å². The fraction of sp³-hybridized carbons (Fsp3) is 0.133. The number of carbonyl (C=O) groups is 1. The summed E-state index contributed by atoms with van der Waals surface area (Å²) in [6.45, 7) is 0. The molecule has 0 aliphatic heterocycles. The van der Waals surface area contributed by atoms with Crippen LogP contribution in [0.5, 0.6) is 5.75 Å². The Kier molecular flexibility index (Phi) is 5.07. The Hall–Kier alpha value is -1.75. The van der Waals surface area contributed by atoms with Gasteiger partial charge >= 0.3 is 0 Å². The molecule has 2 rings (SSSR count). The molecule has 4 N–H and O–H groups in total. The predicted molar refractivity (Wildman–Crippen MR) is 84.9 cm³/mol. The van der Waals surface area contributed by atoms with E-state index in [2.05, 4.69) is 5.32 Å². The van der Waals surface area contributed by atoms with Crippen LogP contribution in [0.4, 0.5) is 5.69 Å². The Labute approximate surface area is 132 Å². The minimum absolute atomic E-state index is 0.174. The quantitative estimate of drug-likeness (QED) is 0.808. The zero-order chi connectivity index (χ0) is 15.4. The van der Waals surface area contributed by atoms with E-state index in [4.69, 9.17) is 28.9 Å². The molecular weight excluding hydrogens is 311 g/mol. The highest BCUT2D eigenvalue weighted by atomic mass is 35.5. The number of rotatable bonds is 4. The van der Waals surface area contributed by atoms with Crippen molar-refractivity contribution in [2.45, 2.75) is 12.5 Å². The molecule has 4 nitrogen and oxygen atoms in total. The highest BCUT2D eigenvalue weighted by Gasteiger charge is 2.14. The van der Waals surface area contributed by atoms with Gasteiger partial charge in [0, 0.05) is 5.69 Å². The summed E-state index contributed by atoms with van der Waals surface area (Å²) in [6.07, 6.45) is 0.368. The SMILES string of the molecule is NC(Cc1ccc(O)cc1)C(=O)Nc1ccc(Cl)c(Cl)c1. The molecule has 0 saturated carbocycles. The number of phenolic OH excluding ortho intramolecular Hbond substituents is 1. The second-order valence-corrected chi connectivity index (χ2v) is 5.41. The van der Waals surface area contributed by atoms with E-state index in [9.17, 15) is 9.90 Å². The van der Waals surface area contributed by atoms with E-state index >= 15 is 0 Å². The first kappa shape index (κ1) is 15.6. The van der Waals surface area contributed by atoms with E-state index < -0.39 is 6.04 Å². The minimum atomic E-state index is -0.705. The van der Waals surface area contributed by atoms with Gasteiger partial charge in [0.2, 0.25) is 5.91 Å². The number of amides is 1. The monoisotopic (exact) mass is 324 g/mol. The third-order valence-corrected chi connectivity index (χ3v) is 3.65. The van der Waals surface area contributed by atoms with Gasteiger partial charge in [-0.2, -0.15) is 0 Å². The van der Waals surface area contributed by atoms with Gasteiger partial charge in [0.1, 0.15) is 5.75 Å². The molecule has 0 fully saturated rings. The van der Waals surface area contributed by atoms with Crippen LogP contribution in [0, 0.1) is 0 Å². The van der Waals surface area contributed by atoms with Gasteiger partial charge in [-0.1, -0.05) is 35.3 Å². The van der Waals surface area contributed by atoms with E-state index in [0.29, 0.717) is 22.2 Å². The van der Waals surface area contributed by atoms with Crippen molar-refractivity contribution in [3.05, 3.63) is 58.1 Å². The lowest BCUT2D eigenvalue weighted by atomic mass is 10.1. The van der Waals surface area contributed by atoms with Gasteiger partial charge in [0.25, 0.3) is 0 Å². The molecule has 21 heavy (non-hydrogen) atoms. The number of halogens is 2. The van der Waals surface area contributed by atoms with Crippen molar-refractivity contribution >= 4 is 34.8 Å². The topological polar surface area (TPSA) is 75.3 Å². The lowest BCUT2D eigenvalue weighted by Gasteiger charge is -2.13. The molecule has 6 heteroatoms. The second kappa shape index (κ2) is 6.80. The molecule has 110 valence electrons. The van der Waals surface area contributed by atoms with E-state index in [0.717, 1.165) is 5.56 Å². The first-order chi connectivity index (χ1) is 9.95. The molecular formula is C15H14Cl2N2O2. The molecule has 1 atom stereocenters. The summed E-state index contributed by atoms with van der Waals surface area (Å²) in [5.41, 5.74) is 7.27. The summed E-state index contributed by atoms with van der Waals surface area (Å²) >= 11 is 11.7. The number of benzene rings is 2. The van der Waals surface area contributed by atoms with Crippen molar-refractivity contribution in [1.82, 2.24) is 0 Å². The van der Waals surface area contributed by atoms with Crippen molar-refractivity contribution in [2.24, 2.45) is 5.73 Å². The Morgan fingerprint density at radius 3 is 2.43 bits per heavy atom. The van der Waals surface area contributed by atoms with Crippen LogP contribution in [0.2, 0.25) is 10.0 Å². The van der Waals surface area contributed by atoms with E-state index in [1.165, 1.54) is 0 Å². The average Bonchev–Trinajstić information content (AvgIpc) is 2.45. The molecule has 0 bridgehead atoms. The highest BCUT2D eigenvalue weighted by molar-refractivity contribution is 6.42. The summed E-state index contributed by atoms with van der Waals surface area (Å²) in [5.74, 6) is -0.144. The largest absolute Gasteiger partial charge is 0.508 e. The maximum atomic E-state index is 12.0. The predicted octanol–water partition coefficient (Wildman–Crippen LogP) is 3.21. The van der Waals surface area contributed by atoms with Crippen molar-refractivity contribution in [3.63, 3.8) is 0 Å². The fourth-order valence-corrected chi connectivity index (χ4v) is 2.09. The van der Waals surface area contributed by atoms with Crippen molar-refractivity contribution in [2.75, 3.05) is 5.32 Å². The van der Waals surface area contributed by atoms with E-state index in [1.807, 2.05) is 0 Å². The Bertz CT molecular complexity index is 645. The molecule has 2 aromatic carbocycles. The van der Waals surface area contributed by atoms with Gasteiger partial charge in [0.05, 0.1) is 16.1 Å². The summed E-state index contributed by atoms with van der Waals surface area (Å²) in [6, 6.07) is 10.7. The van der Waals surface area contributed by atoms with E-state index in [1.54, 1.807) is 42.5 Å². The maximum Gasteiger partial charge on any atom is 0.241 e. The molecule has 1 amide bonds. The van der Waals surface area contributed by atoms with Crippen LogP contribution in [-0.4, -0.2) is 17.1 Å². The van der Waals surface area contributed by atoms with Crippen LogP contribution in [0.3, 0.4) is 0 Å². The summed E-state index contributed by atoms with van der Waals surface area (Å²) < 4.78 is 0. The van der Waals surface area contributed by atoms with Crippen LogP contribution in [0.1, 0.15) is 5.56 Å². The van der Waals surface area contributed by atoms with Gasteiger partial charge in [-0.05, 0) is 42.3 Å². The van der Waals surface area contributed by atoms with Crippen LogP contribution in [0.25, 0.3) is 0 Å². The van der Waals surface area contributed by atoms with Gasteiger partial charge in [0.15, 0.2) is 0 Å². The molecule has 2 aromatic rings. The highest BCUT2D eigenvalue weighted by Crippen LogP contribution is 2.25. The molecule has 0 spiro atoms. The lowest BCUT2D eigenvalue weighted by molar-refractivity contribution is -0.117. The standard InChI is InChI=1S/C15H14Cl2N2O2/c16-12-6-3-10(8-13(12)17)19-15(21)14(18)7-9-1-4-11(20)5-2-9/h1-6,8,14,20H,7,18H2,(H,19,21). The van der Waals surface area contributed by atoms with Crippen LogP contribution in [0.15, 0.2) is 42.5 Å². The summed E-state index contributed by atoms with van der Waals surface area (Å²) in [5, 5.41) is 12.7. The first-order valence-electron chi connectivity index (χ1n) is 6.25. The molecule has 0 saturated heterocycles. The lowest BCUT2D eigenvalue weighted by Crippen LogP contribution is -2.37. The van der Waals surface area contributed by atoms with Crippen molar-refractivity contribution < 1.29 is 9.90 Å². The summed E-state index contributed by atoms with van der Waals surface area (Å²) in [4.78, 5) is 12.0. The Balaban J connectivity index is 1.98. The van der Waals surface area contributed by atoms with Crippen molar-refractivity contribution in [3.8, 4) is 5.75 Å². The van der Waals surface area contributed by atoms with Crippen LogP contribution in [-0.2, 0) is 11.2 Å². The maximum absolute atomic E-state index is 12.0. The number of aromatic hydroxyl groups is 1. The number of nitrogens with one attached hydrogen (secondary N) is 1. The normalized spacial score (nSPS) is 12.0.